The van der Waals surface area contributed by atoms with Crippen LogP contribution in [0.4, 0.5) is 13.2 Å². The minimum atomic E-state index is -4.48. The summed E-state index contributed by atoms with van der Waals surface area (Å²) in [7, 11) is 0. The Kier molecular flexibility index (Phi) is 4.41. The van der Waals surface area contributed by atoms with Gasteiger partial charge in [-0.05, 0) is 60.5 Å². The standard InChI is InChI=1S/C18H11ClF3N3/c19-16-24-9-6-14(25-16)4-2-12-10-13(18(20,21)22)3-5-15(12)17(11-23)7-1-8-17/h3,5-6,9-10H,1,7-8H2. The fourth-order valence-corrected chi connectivity index (χ4v) is 2.90. The summed E-state index contributed by atoms with van der Waals surface area (Å²) in [5, 5.41) is 9.51. The molecule has 3 nitrogen and oxygen atoms in total. The molecule has 0 saturated heterocycles. The molecule has 0 atom stereocenters. The highest BCUT2D eigenvalue weighted by Crippen LogP contribution is 2.45. The van der Waals surface area contributed by atoms with E-state index in [9.17, 15) is 18.4 Å². The first-order valence-electron chi connectivity index (χ1n) is 7.48. The maximum absolute atomic E-state index is 13.0. The molecule has 1 aliphatic rings. The van der Waals surface area contributed by atoms with Gasteiger partial charge in [0.2, 0.25) is 5.28 Å². The minimum absolute atomic E-state index is 0.00329. The molecular weight excluding hydrogens is 351 g/mol. The molecule has 0 radical (unpaired) electrons. The van der Waals surface area contributed by atoms with Crippen molar-refractivity contribution in [1.82, 2.24) is 9.97 Å². The SMILES string of the molecule is N#CC1(c2ccc(C(F)(F)F)cc2C#Cc2ccnc(Cl)n2)CCC1. The van der Waals surface area contributed by atoms with Crippen LogP contribution in [0.15, 0.2) is 30.5 Å². The van der Waals surface area contributed by atoms with Crippen LogP contribution in [0.1, 0.15) is 41.6 Å². The summed E-state index contributed by atoms with van der Waals surface area (Å²) in [5.41, 5.74) is -0.554. The molecule has 1 aliphatic carbocycles. The molecule has 0 amide bonds. The predicted molar refractivity (Wildman–Crippen MR) is 85.6 cm³/mol. The van der Waals surface area contributed by atoms with Crippen molar-refractivity contribution in [1.29, 1.82) is 5.26 Å². The van der Waals surface area contributed by atoms with Gasteiger partial charge >= 0.3 is 6.18 Å². The first kappa shape index (κ1) is 17.3. The van der Waals surface area contributed by atoms with Crippen molar-refractivity contribution >= 4 is 11.6 Å². The highest BCUT2D eigenvalue weighted by molar-refractivity contribution is 6.28. The highest BCUT2D eigenvalue weighted by Gasteiger charge is 2.41. The normalized spacial score (nSPS) is 15.5. The summed E-state index contributed by atoms with van der Waals surface area (Å²) >= 11 is 5.69. The Hall–Kier alpha value is -2.57. The molecule has 0 N–H and O–H groups in total. The Balaban J connectivity index is 2.11. The molecule has 0 spiro atoms. The number of hydrogen-bond donors (Lipinski definition) is 0. The first-order valence-corrected chi connectivity index (χ1v) is 7.85. The van der Waals surface area contributed by atoms with Crippen LogP contribution in [0.2, 0.25) is 5.28 Å². The smallest absolute Gasteiger partial charge is 0.226 e. The summed E-state index contributed by atoms with van der Waals surface area (Å²) in [6.07, 6.45) is -0.976. The van der Waals surface area contributed by atoms with E-state index >= 15 is 0 Å². The Bertz CT molecular complexity index is 916. The number of aromatic nitrogens is 2. The molecule has 1 aromatic carbocycles. The number of halogens is 4. The second kappa shape index (κ2) is 6.38. The maximum atomic E-state index is 13.0. The lowest BCUT2D eigenvalue weighted by atomic mass is 9.64. The van der Waals surface area contributed by atoms with E-state index in [4.69, 9.17) is 11.6 Å². The van der Waals surface area contributed by atoms with Gasteiger partial charge in [-0.1, -0.05) is 12.0 Å². The van der Waals surface area contributed by atoms with Gasteiger partial charge < -0.3 is 0 Å². The Morgan fingerprint density at radius 1 is 1.16 bits per heavy atom. The van der Waals surface area contributed by atoms with Crippen molar-refractivity contribution < 1.29 is 13.2 Å². The van der Waals surface area contributed by atoms with Crippen LogP contribution in [-0.4, -0.2) is 9.97 Å². The van der Waals surface area contributed by atoms with Crippen LogP contribution < -0.4 is 0 Å². The van der Waals surface area contributed by atoms with Crippen LogP contribution in [-0.2, 0) is 11.6 Å². The molecular formula is C18H11ClF3N3. The molecule has 0 bridgehead atoms. The maximum Gasteiger partial charge on any atom is 0.416 e. The number of hydrogen-bond acceptors (Lipinski definition) is 3. The third kappa shape index (κ3) is 3.45. The molecule has 1 aromatic heterocycles. The van der Waals surface area contributed by atoms with E-state index in [2.05, 4.69) is 27.9 Å². The van der Waals surface area contributed by atoms with Crippen LogP contribution in [0.25, 0.3) is 0 Å². The number of nitriles is 1. The summed E-state index contributed by atoms with van der Waals surface area (Å²) in [5.74, 6) is 5.43. The number of benzene rings is 1. The molecule has 7 heteroatoms. The van der Waals surface area contributed by atoms with Gasteiger partial charge in [-0.25, -0.2) is 9.97 Å². The fraction of sp³-hybridized carbons (Fsp3) is 0.278. The molecule has 1 saturated carbocycles. The van der Waals surface area contributed by atoms with E-state index in [0.29, 0.717) is 24.1 Å². The quantitative estimate of drug-likeness (QED) is 0.555. The van der Waals surface area contributed by atoms with Crippen molar-refractivity contribution in [2.75, 3.05) is 0 Å². The zero-order valence-electron chi connectivity index (χ0n) is 12.9. The zero-order chi connectivity index (χ0) is 18.1. The van der Waals surface area contributed by atoms with Crippen LogP contribution in [0.5, 0.6) is 0 Å². The van der Waals surface area contributed by atoms with Gasteiger partial charge in [0.05, 0.1) is 17.0 Å². The lowest BCUT2D eigenvalue weighted by molar-refractivity contribution is -0.137. The van der Waals surface area contributed by atoms with E-state index < -0.39 is 17.2 Å². The summed E-state index contributed by atoms with van der Waals surface area (Å²) < 4.78 is 39.1. The minimum Gasteiger partial charge on any atom is -0.226 e. The zero-order valence-corrected chi connectivity index (χ0v) is 13.6. The molecule has 3 rings (SSSR count). The highest BCUT2D eigenvalue weighted by atomic mass is 35.5. The molecule has 126 valence electrons. The van der Waals surface area contributed by atoms with Gasteiger partial charge in [-0.2, -0.15) is 18.4 Å². The molecule has 0 aliphatic heterocycles. The predicted octanol–water partition coefficient (Wildman–Crippen LogP) is 4.49. The van der Waals surface area contributed by atoms with Crippen molar-refractivity contribution in [2.45, 2.75) is 30.9 Å². The molecule has 0 unspecified atom stereocenters. The van der Waals surface area contributed by atoms with Gasteiger partial charge in [0, 0.05) is 11.8 Å². The average molecular weight is 362 g/mol. The van der Waals surface area contributed by atoms with E-state index in [1.54, 1.807) is 0 Å². The number of alkyl halides is 3. The van der Waals surface area contributed by atoms with Gasteiger partial charge in [0.25, 0.3) is 0 Å². The Morgan fingerprint density at radius 3 is 2.48 bits per heavy atom. The summed E-state index contributed by atoms with van der Waals surface area (Å²) in [6, 6.07) is 7.10. The third-order valence-corrected chi connectivity index (χ3v) is 4.42. The molecule has 1 heterocycles. The van der Waals surface area contributed by atoms with E-state index in [1.165, 1.54) is 18.3 Å². The third-order valence-electron chi connectivity index (χ3n) is 4.24. The van der Waals surface area contributed by atoms with E-state index in [0.717, 1.165) is 18.6 Å². The first-order chi connectivity index (χ1) is 11.8. The van der Waals surface area contributed by atoms with Crippen molar-refractivity contribution in [2.24, 2.45) is 0 Å². The van der Waals surface area contributed by atoms with Crippen molar-refractivity contribution in [3.8, 4) is 17.9 Å². The van der Waals surface area contributed by atoms with Gasteiger partial charge in [-0.3, -0.25) is 0 Å². The second-order valence-corrected chi connectivity index (χ2v) is 6.10. The average Bonchev–Trinajstić information content (AvgIpc) is 2.52. The van der Waals surface area contributed by atoms with Crippen LogP contribution in [0.3, 0.4) is 0 Å². The lowest BCUT2D eigenvalue weighted by Gasteiger charge is -2.36. The van der Waals surface area contributed by atoms with Crippen LogP contribution in [0, 0.1) is 23.2 Å². The second-order valence-electron chi connectivity index (χ2n) is 5.77. The van der Waals surface area contributed by atoms with Gasteiger partial charge in [-0.15, -0.1) is 0 Å². The van der Waals surface area contributed by atoms with Crippen molar-refractivity contribution in [3.05, 3.63) is 58.1 Å². The molecule has 1 fully saturated rings. The van der Waals surface area contributed by atoms with E-state index in [-0.39, 0.29) is 10.8 Å². The number of rotatable bonds is 1. The number of nitrogens with zero attached hydrogens (tertiary/aromatic N) is 3. The lowest BCUT2D eigenvalue weighted by Crippen LogP contribution is -2.33. The van der Waals surface area contributed by atoms with Gasteiger partial charge in [0.15, 0.2) is 0 Å². The topological polar surface area (TPSA) is 49.6 Å². The summed E-state index contributed by atoms with van der Waals surface area (Å²) in [6.45, 7) is 0. The van der Waals surface area contributed by atoms with E-state index in [1.807, 2.05) is 0 Å². The van der Waals surface area contributed by atoms with Crippen molar-refractivity contribution in [3.63, 3.8) is 0 Å². The molecule has 25 heavy (non-hydrogen) atoms. The Labute approximate surface area is 147 Å². The molecule has 2 aromatic rings. The van der Waals surface area contributed by atoms with Gasteiger partial charge in [0.1, 0.15) is 5.69 Å². The Morgan fingerprint density at radius 2 is 1.92 bits per heavy atom. The monoisotopic (exact) mass is 361 g/mol. The van der Waals surface area contributed by atoms with Crippen LogP contribution >= 0.6 is 11.6 Å². The fourth-order valence-electron chi connectivity index (χ4n) is 2.75. The summed E-state index contributed by atoms with van der Waals surface area (Å²) in [4.78, 5) is 7.63. The largest absolute Gasteiger partial charge is 0.416 e.